The van der Waals surface area contributed by atoms with Crippen molar-refractivity contribution in [1.82, 2.24) is 0 Å². The van der Waals surface area contributed by atoms with Gasteiger partial charge < -0.3 is 5.73 Å². The molecule has 0 spiro atoms. The van der Waals surface area contributed by atoms with E-state index in [2.05, 4.69) is 13.8 Å². The Kier molecular flexibility index (Phi) is 6.00. The second kappa shape index (κ2) is 6.26. The van der Waals surface area contributed by atoms with Gasteiger partial charge in [-0.2, -0.15) is 0 Å². The van der Waals surface area contributed by atoms with Gasteiger partial charge in [0.1, 0.15) is 0 Å². The number of hydrogen-bond acceptors (Lipinski definition) is 1. The van der Waals surface area contributed by atoms with Crippen LogP contribution in [0.2, 0.25) is 0 Å². The Morgan fingerprint density at radius 3 is 2.18 bits per heavy atom. The van der Waals surface area contributed by atoms with Gasteiger partial charge in [-0.25, -0.2) is 0 Å². The molecule has 0 aliphatic carbocycles. The molecule has 0 aliphatic heterocycles. The van der Waals surface area contributed by atoms with Crippen LogP contribution in [0.4, 0.5) is 0 Å². The van der Waals surface area contributed by atoms with E-state index in [-0.39, 0.29) is 0 Å². The van der Waals surface area contributed by atoms with Crippen LogP contribution in [-0.4, -0.2) is 0 Å². The first-order valence-electron chi connectivity index (χ1n) is 4.60. The fourth-order valence-electron chi connectivity index (χ4n) is 1.01. The molecule has 0 aromatic rings. The minimum Gasteiger partial charge on any atom is -0.402 e. The summed E-state index contributed by atoms with van der Waals surface area (Å²) in [5, 5.41) is 0. The largest absolute Gasteiger partial charge is 0.402 e. The summed E-state index contributed by atoms with van der Waals surface area (Å²) < 4.78 is 0. The van der Waals surface area contributed by atoms with Gasteiger partial charge in [-0.05, 0) is 26.7 Å². The molecule has 0 bridgehead atoms. The summed E-state index contributed by atoms with van der Waals surface area (Å²) in [6, 6.07) is 0. The summed E-state index contributed by atoms with van der Waals surface area (Å²) in [5.41, 5.74) is 7.99. The predicted octanol–water partition coefficient (Wildman–Crippen LogP) is 3.21. The summed E-state index contributed by atoms with van der Waals surface area (Å²) in [4.78, 5) is 0. The summed E-state index contributed by atoms with van der Waals surface area (Å²) >= 11 is 0. The van der Waals surface area contributed by atoms with Crippen LogP contribution in [0.5, 0.6) is 0 Å². The second-order valence-electron chi connectivity index (χ2n) is 3.27. The van der Waals surface area contributed by atoms with Crippen LogP contribution in [0.15, 0.2) is 11.3 Å². The third-order valence-electron chi connectivity index (χ3n) is 2.08. The molecule has 0 unspecified atom stereocenters. The Morgan fingerprint density at radius 2 is 1.73 bits per heavy atom. The van der Waals surface area contributed by atoms with Gasteiger partial charge >= 0.3 is 0 Å². The lowest BCUT2D eigenvalue weighted by Gasteiger charge is -2.02. The number of unbranched alkanes of at least 4 members (excludes halogenated alkanes) is 3. The average molecular weight is 155 g/mol. The first kappa shape index (κ1) is 10.5. The molecule has 1 nitrogen and oxygen atoms in total. The van der Waals surface area contributed by atoms with Crippen molar-refractivity contribution in [1.29, 1.82) is 0 Å². The van der Waals surface area contributed by atoms with E-state index in [4.69, 9.17) is 5.73 Å². The third-order valence-corrected chi connectivity index (χ3v) is 2.08. The van der Waals surface area contributed by atoms with E-state index in [0.717, 1.165) is 5.70 Å². The van der Waals surface area contributed by atoms with Crippen molar-refractivity contribution in [2.75, 3.05) is 0 Å². The molecular formula is C10H21N. The quantitative estimate of drug-likeness (QED) is 0.606. The average Bonchev–Trinajstić information content (AvgIpc) is 1.97. The van der Waals surface area contributed by atoms with Crippen LogP contribution < -0.4 is 5.73 Å². The van der Waals surface area contributed by atoms with Crippen molar-refractivity contribution in [3.05, 3.63) is 11.3 Å². The highest BCUT2D eigenvalue weighted by Gasteiger charge is 1.92. The molecule has 11 heavy (non-hydrogen) atoms. The highest BCUT2D eigenvalue weighted by atomic mass is 14.6. The van der Waals surface area contributed by atoms with Gasteiger partial charge in [0.05, 0.1) is 0 Å². The van der Waals surface area contributed by atoms with Gasteiger partial charge in [0.15, 0.2) is 0 Å². The standard InChI is InChI=1S/C10H21N/c1-4-5-6-7-8-9(2)10(3)11/h4-8,11H2,1-3H3. The van der Waals surface area contributed by atoms with Gasteiger partial charge in [0, 0.05) is 5.70 Å². The topological polar surface area (TPSA) is 26.0 Å². The van der Waals surface area contributed by atoms with Crippen molar-refractivity contribution in [3.8, 4) is 0 Å². The van der Waals surface area contributed by atoms with E-state index in [1.54, 1.807) is 0 Å². The van der Waals surface area contributed by atoms with E-state index < -0.39 is 0 Å². The Bertz CT molecular complexity index is 121. The molecule has 0 atom stereocenters. The number of allylic oxidation sites excluding steroid dienone is 2. The van der Waals surface area contributed by atoms with E-state index in [9.17, 15) is 0 Å². The maximum absolute atomic E-state index is 5.63. The smallest absolute Gasteiger partial charge is 0.00379 e. The minimum absolute atomic E-state index is 1.00. The highest BCUT2D eigenvalue weighted by Crippen LogP contribution is 2.10. The van der Waals surface area contributed by atoms with Crippen LogP contribution in [-0.2, 0) is 0 Å². The Hall–Kier alpha value is -0.460. The van der Waals surface area contributed by atoms with Gasteiger partial charge in [0.25, 0.3) is 0 Å². The maximum Gasteiger partial charge on any atom is 0.00379 e. The Balaban J connectivity index is 3.32. The second-order valence-corrected chi connectivity index (χ2v) is 3.27. The molecule has 0 rings (SSSR count). The molecular weight excluding hydrogens is 134 g/mol. The molecule has 0 aromatic heterocycles. The van der Waals surface area contributed by atoms with Crippen molar-refractivity contribution >= 4 is 0 Å². The van der Waals surface area contributed by atoms with E-state index in [0.29, 0.717) is 0 Å². The Labute approximate surface area is 70.7 Å². The lowest BCUT2D eigenvalue weighted by molar-refractivity contribution is 0.662. The molecule has 1 heteroatoms. The molecule has 0 saturated heterocycles. The zero-order valence-electron chi connectivity index (χ0n) is 8.11. The lowest BCUT2D eigenvalue weighted by atomic mass is 10.1. The highest BCUT2D eigenvalue weighted by molar-refractivity contribution is 5.04. The third kappa shape index (κ3) is 5.96. The monoisotopic (exact) mass is 155 g/mol. The zero-order valence-corrected chi connectivity index (χ0v) is 8.11. The van der Waals surface area contributed by atoms with Gasteiger partial charge in [-0.3, -0.25) is 0 Å². The normalized spacial score (nSPS) is 13.0. The SMILES string of the molecule is CCCCCCC(C)=C(C)N. The molecule has 0 amide bonds. The van der Waals surface area contributed by atoms with Gasteiger partial charge in [-0.1, -0.05) is 31.8 Å². The molecule has 0 fully saturated rings. The number of hydrogen-bond donors (Lipinski definition) is 1. The summed E-state index contributed by atoms with van der Waals surface area (Å²) in [7, 11) is 0. The molecule has 0 aromatic carbocycles. The number of rotatable bonds is 5. The van der Waals surface area contributed by atoms with Gasteiger partial charge in [-0.15, -0.1) is 0 Å². The fraction of sp³-hybridized carbons (Fsp3) is 0.800. The summed E-state index contributed by atoms with van der Waals surface area (Å²) in [6.45, 7) is 6.34. The fourth-order valence-corrected chi connectivity index (χ4v) is 1.01. The van der Waals surface area contributed by atoms with E-state index in [1.807, 2.05) is 6.92 Å². The number of nitrogens with two attached hydrogens (primary N) is 1. The molecule has 2 N–H and O–H groups in total. The van der Waals surface area contributed by atoms with Crippen LogP contribution in [0, 0.1) is 0 Å². The first-order valence-corrected chi connectivity index (χ1v) is 4.60. The molecule has 0 aliphatic rings. The van der Waals surface area contributed by atoms with Crippen LogP contribution >= 0.6 is 0 Å². The van der Waals surface area contributed by atoms with Crippen molar-refractivity contribution in [2.24, 2.45) is 5.73 Å². The van der Waals surface area contributed by atoms with Gasteiger partial charge in [0.2, 0.25) is 0 Å². The van der Waals surface area contributed by atoms with E-state index in [1.165, 1.54) is 37.7 Å². The molecule has 0 radical (unpaired) electrons. The first-order chi connectivity index (χ1) is 5.18. The summed E-state index contributed by atoms with van der Waals surface area (Å²) in [6.07, 6.45) is 6.50. The van der Waals surface area contributed by atoms with Crippen LogP contribution in [0.3, 0.4) is 0 Å². The predicted molar refractivity (Wildman–Crippen MR) is 51.3 cm³/mol. The van der Waals surface area contributed by atoms with Crippen molar-refractivity contribution in [3.63, 3.8) is 0 Å². The molecule has 0 heterocycles. The lowest BCUT2D eigenvalue weighted by Crippen LogP contribution is -1.95. The molecule has 0 saturated carbocycles. The van der Waals surface area contributed by atoms with Crippen LogP contribution in [0.25, 0.3) is 0 Å². The van der Waals surface area contributed by atoms with Crippen LogP contribution in [0.1, 0.15) is 52.9 Å². The zero-order chi connectivity index (χ0) is 8.69. The maximum atomic E-state index is 5.63. The summed E-state index contributed by atoms with van der Waals surface area (Å²) in [5.74, 6) is 0. The van der Waals surface area contributed by atoms with E-state index >= 15 is 0 Å². The van der Waals surface area contributed by atoms with Crippen molar-refractivity contribution < 1.29 is 0 Å². The van der Waals surface area contributed by atoms with Crippen molar-refractivity contribution in [2.45, 2.75) is 52.9 Å². The molecule has 66 valence electrons. The Morgan fingerprint density at radius 1 is 1.09 bits per heavy atom. The minimum atomic E-state index is 1.00.